The molecule has 2 aromatic rings. The van der Waals surface area contributed by atoms with Gasteiger partial charge in [-0.15, -0.1) is 0 Å². The molecular formula is C21H29FN6. The summed E-state index contributed by atoms with van der Waals surface area (Å²) in [4.78, 5) is 15.2. The number of aromatic nitrogens is 2. The fraction of sp³-hybridized carbons (Fsp3) is 0.524. The van der Waals surface area contributed by atoms with Gasteiger partial charge in [-0.3, -0.25) is 4.90 Å². The van der Waals surface area contributed by atoms with E-state index in [-0.39, 0.29) is 6.04 Å². The van der Waals surface area contributed by atoms with Gasteiger partial charge < -0.3 is 15.1 Å². The monoisotopic (exact) mass is 384 g/mol. The van der Waals surface area contributed by atoms with Gasteiger partial charge in [0.15, 0.2) is 0 Å². The number of benzene rings is 1. The van der Waals surface area contributed by atoms with E-state index in [0.29, 0.717) is 18.9 Å². The Morgan fingerprint density at radius 2 is 2.11 bits per heavy atom. The second-order valence-electron chi connectivity index (χ2n) is 8.07. The Morgan fingerprint density at radius 3 is 2.93 bits per heavy atom. The third kappa shape index (κ3) is 3.90. The molecule has 150 valence electrons. The molecule has 2 aliphatic rings. The first-order valence-corrected chi connectivity index (χ1v) is 9.95. The number of rotatable bonds is 6. The zero-order valence-corrected chi connectivity index (χ0v) is 16.9. The molecule has 0 saturated carbocycles. The smallest absolute Gasteiger partial charge is 0.226 e. The molecule has 0 aliphatic carbocycles. The molecule has 1 fully saturated rings. The number of para-hydroxylation sites is 1. The molecule has 3 heterocycles. The van der Waals surface area contributed by atoms with Crippen molar-refractivity contribution in [1.29, 1.82) is 0 Å². The summed E-state index contributed by atoms with van der Waals surface area (Å²) in [7, 11) is 5.95. The number of likely N-dealkylation sites (N-methyl/N-ethyl adjacent to an activating group) is 1. The minimum atomic E-state index is -0.821. The van der Waals surface area contributed by atoms with Crippen LogP contribution in [0, 0.1) is 0 Å². The first kappa shape index (κ1) is 18.9. The van der Waals surface area contributed by atoms with Crippen molar-refractivity contribution in [3.8, 4) is 0 Å². The Morgan fingerprint density at radius 1 is 1.25 bits per heavy atom. The Kier molecular flexibility index (Phi) is 5.35. The van der Waals surface area contributed by atoms with E-state index in [1.165, 1.54) is 16.8 Å². The van der Waals surface area contributed by atoms with Crippen molar-refractivity contribution >= 4 is 17.5 Å². The van der Waals surface area contributed by atoms with Crippen molar-refractivity contribution in [1.82, 2.24) is 14.9 Å². The molecule has 1 N–H and O–H groups in total. The molecule has 1 aromatic carbocycles. The van der Waals surface area contributed by atoms with E-state index in [4.69, 9.17) is 0 Å². The third-order valence-corrected chi connectivity index (χ3v) is 5.58. The van der Waals surface area contributed by atoms with Crippen LogP contribution in [0.2, 0.25) is 0 Å². The second kappa shape index (κ2) is 7.91. The highest BCUT2D eigenvalue weighted by Crippen LogP contribution is 2.29. The number of fused-ring (bicyclic) bond motifs is 1. The number of hydrogen-bond acceptors (Lipinski definition) is 6. The van der Waals surface area contributed by atoms with Crippen molar-refractivity contribution in [2.24, 2.45) is 0 Å². The molecule has 2 aliphatic heterocycles. The topological polar surface area (TPSA) is 47.5 Å². The van der Waals surface area contributed by atoms with Gasteiger partial charge in [-0.25, -0.2) is 9.37 Å². The lowest BCUT2D eigenvalue weighted by Gasteiger charge is -2.30. The fourth-order valence-electron chi connectivity index (χ4n) is 4.29. The quantitative estimate of drug-likeness (QED) is 0.826. The predicted molar refractivity (Wildman–Crippen MR) is 112 cm³/mol. The van der Waals surface area contributed by atoms with Gasteiger partial charge in [-0.1, -0.05) is 18.2 Å². The van der Waals surface area contributed by atoms with E-state index in [2.05, 4.69) is 50.3 Å². The summed E-state index contributed by atoms with van der Waals surface area (Å²) in [5, 5.41) is 3.51. The molecule has 0 spiro atoms. The molecule has 0 unspecified atom stereocenters. The van der Waals surface area contributed by atoms with Crippen LogP contribution in [0.1, 0.15) is 17.5 Å². The number of anilines is 3. The molecule has 1 saturated heterocycles. The van der Waals surface area contributed by atoms with Crippen LogP contribution in [0.3, 0.4) is 0 Å². The first-order valence-electron chi connectivity index (χ1n) is 9.95. The molecule has 4 rings (SSSR count). The van der Waals surface area contributed by atoms with E-state index in [0.717, 1.165) is 31.9 Å². The van der Waals surface area contributed by atoms with Crippen LogP contribution in [0.4, 0.5) is 21.8 Å². The average Bonchev–Trinajstić information content (AvgIpc) is 3.29. The lowest BCUT2D eigenvalue weighted by Crippen LogP contribution is -2.39. The van der Waals surface area contributed by atoms with E-state index < -0.39 is 6.17 Å². The van der Waals surface area contributed by atoms with Gasteiger partial charge in [0.2, 0.25) is 5.95 Å². The Balaban J connectivity index is 1.47. The van der Waals surface area contributed by atoms with Gasteiger partial charge in [-0.2, -0.15) is 4.98 Å². The summed E-state index contributed by atoms with van der Waals surface area (Å²) in [6, 6.07) is 8.51. The number of alkyl halides is 1. The van der Waals surface area contributed by atoms with E-state index in [9.17, 15) is 4.39 Å². The van der Waals surface area contributed by atoms with Crippen molar-refractivity contribution in [3.05, 3.63) is 41.6 Å². The van der Waals surface area contributed by atoms with Crippen LogP contribution < -0.4 is 15.1 Å². The van der Waals surface area contributed by atoms with Gasteiger partial charge >= 0.3 is 0 Å². The standard InChI is InChI=1S/C21H29FN6/c1-26(2)21-24-10-8-19(25-21)28-13-17(22)11-18(28)14-27(3)12-16-6-4-5-15-7-9-23-20(15)16/h4-6,8,10,17-18,23H,7,9,11-14H2,1-3H3/t17-,18-/m0/s1. The van der Waals surface area contributed by atoms with Crippen molar-refractivity contribution in [2.45, 2.75) is 31.6 Å². The zero-order chi connectivity index (χ0) is 19.7. The Hall–Kier alpha value is -2.41. The molecule has 28 heavy (non-hydrogen) atoms. The van der Waals surface area contributed by atoms with Crippen molar-refractivity contribution in [2.75, 3.05) is 55.9 Å². The van der Waals surface area contributed by atoms with Crippen LogP contribution >= 0.6 is 0 Å². The molecule has 2 atom stereocenters. The molecule has 1 aromatic heterocycles. The van der Waals surface area contributed by atoms with E-state index in [1.807, 2.05) is 25.1 Å². The minimum Gasteiger partial charge on any atom is -0.384 e. The van der Waals surface area contributed by atoms with Crippen molar-refractivity contribution < 1.29 is 4.39 Å². The predicted octanol–water partition coefficient (Wildman–Crippen LogP) is 2.56. The SMILES string of the molecule is CN(Cc1cccc2c1NCC2)C[C@@H]1C[C@H](F)CN1c1ccnc(N(C)C)n1. The van der Waals surface area contributed by atoms with Gasteiger partial charge in [0.05, 0.1) is 6.54 Å². The van der Waals surface area contributed by atoms with Crippen molar-refractivity contribution in [3.63, 3.8) is 0 Å². The summed E-state index contributed by atoms with van der Waals surface area (Å²) in [5.41, 5.74) is 4.00. The highest BCUT2D eigenvalue weighted by Gasteiger charge is 2.34. The van der Waals surface area contributed by atoms with Crippen LogP contribution in [-0.4, -0.2) is 67.9 Å². The number of hydrogen-bond donors (Lipinski definition) is 1. The maximum Gasteiger partial charge on any atom is 0.226 e. The summed E-state index contributed by atoms with van der Waals surface area (Å²) in [6.07, 6.45) is 2.56. The zero-order valence-electron chi connectivity index (χ0n) is 16.9. The first-order chi connectivity index (χ1) is 13.5. The van der Waals surface area contributed by atoms with E-state index >= 15 is 0 Å². The second-order valence-corrected chi connectivity index (χ2v) is 8.07. The number of nitrogens with one attached hydrogen (secondary N) is 1. The summed E-state index contributed by atoms with van der Waals surface area (Å²) in [5.74, 6) is 1.46. The lowest BCUT2D eigenvalue weighted by atomic mass is 10.1. The Bertz CT molecular complexity index is 826. The highest BCUT2D eigenvalue weighted by molar-refractivity contribution is 5.61. The molecule has 0 bridgehead atoms. The van der Waals surface area contributed by atoms with Gasteiger partial charge in [0.1, 0.15) is 12.0 Å². The molecule has 0 amide bonds. The summed E-state index contributed by atoms with van der Waals surface area (Å²) < 4.78 is 14.3. The normalized spacial score (nSPS) is 21.1. The molecule has 7 heteroatoms. The number of halogens is 1. The maximum absolute atomic E-state index is 14.3. The minimum absolute atomic E-state index is 0.106. The van der Waals surface area contributed by atoms with Crippen LogP contribution in [-0.2, 0) is 13.0 Å². The van der Waals surface area contributed by atoms with Crippen LogP contribution in [0.5, 0.6) is 0 Å². The fourth-order valence-corrected chi connectivity index (χ4v) is 4.29. The largest absolute Gasteiger partial charge is 0.384 e. The maximum atomic E-state index is 14.3. The highest BCUT2D eigenvalue weighted by atomic mass is 19.1. The van der Waals surface area contributed by atoms with Gasteiger partial charge in [0.25, 0.3) is 0 Å². The Labute approximate surface area is 166 Å². The van der Waals surface area contributed by atoms with Gasteiger partial charge in [0, 0.05) is 58.1 Å². The summed E-state index contributed by atoms with van der Waals surface area (Å²) in [6.45, 7) is 3.05. The molecular weight excluding hydrogens is 355 g/mol. The number of nitrogens with zero attached hydrogens (tertiary/aromatic N) is 5. The summed E-state index contributed by atoms with van der Waals surface area (Å²) >= 11 is 0. The van der Waals surface area contributed by atoms with E-state index in [1.54, 1.807) is 6.20 Å². The third-order valence-electron chi connectivity index (χ3n) is 5.58. The lowest BCUT2D eigenvalue weighted by molar-refractivity contribution is 0.290. The molecule has 6 nitrogen and oxygen atoms in total. The average molecular weight is 385 g/mol. The molecule has 0 radical (unpaired) electrons. The van der Waals surface area contributed by atoms with Crippen LogP contribution in [0.25, 0.3) is 0 Å². The van der Waals surface area contributed by atoms with Crippen LogP contribution in [0.15, 0.2) is 30.5 Å². The van der Waals surface area contributed by atoms with Gasteiger partial charge in [-0.05, 0) is 30.7 Å².